The molecule has 1 aromatic carbocycles. The van der Waals surface area contributed by atoms with E-state index < -0.39 is 23.1 Å². The highest BCUT2D eigenvalue weighted by Gasteiger charge is 2.32. The van der Waals surface area contributed by atoms with Crippen molar-refractivity contribution in [3.8, 4) is 5.75 Å². The number of benzene rings is 1. The van der Waals surface area contributed by atoms with Crippen LogP contribution in [0.5, 0.6) is 5.75 Å². The minimum absolute atomic E-state index is 0.0410. The Kier molecular flexibility index (Phi) is 5.74. The van der Waals surface area contributed by atoms with Gasteiger partial charge in [-0.05, 0) is 32.1 Å². The first-order valence-electron chi connectivity index (χ1n) is 9.13. The molecule has 0 spiro atoms. The maximum atomic E-state index is 14.3. The third kappa shape index (κ3) is 3.81. The summed E-state index contributed by atoms with van der Waals surface area (Å²) in [5, 5.41) is 0. The van der Waals surface area contributed by atoms with E-state index in [4.69, 9.17) is 4.74 Å². The first-order valence-corrected chi connectivity index (χ1v) is 9.13. The Labute approximate surface area is 151 Å². The summed E-state index contributed by atoms with van der Waals surface area (Å²) in [7, 11) is 1.32. The van der Waals surface area contributed by atoms with Gasteiger partial charge in [-0.2, -0.15) is 0 Å². The van der Waals surface area contributed by atoms with Crippen LogP contribution < -0.4 is 4.74 Å². The lowest BCUT2D eigenvalue weighted by molar-refractivity contribution is -0.127. The summed E-state index contributed by atoms with van der Waals surface area (Å²) in [6, 6.07) is 1.95. The summed E-state index contributed by atoms with van der Waals surface area (Å²) >= 11 is 0. The zero-order valence-electron chi connectivity index (χ0n) is 15.0. The molecule has 142 valence electrons. The number of carbonyl (C=O) groups excluding carboxylic acids is 2. The smallest absolute Gasteiger partial charge is 0.260 e. The van der Waals surface area contributed by atoms with Crippen LogP contribution in [0, 0.1) is 11.6 Å². The van der Waals surface area contributed by atoms with E-state index in [1.807, 2.05) is 4.90 Å². The monoisotopic (exact) mass is 366 g/mol. The number of amides is 2. The summed E-state index contributed by atoms with van der Waals surface area (Å²) in [5.74, 6) is -2.26. The molecule has 1 aromatic rings. The molecule has 0 aliphatic carbocycles. The van der Waals surface area contributed by atoms with Crippen LogP contribution in [0.15, 0.2) is 12.1 Å². The van der Waals surface area contributed by atoms with Crippen molar-refractivity contribution >= 4 is 11.8 Å². The lowest BCUT2D eigenvalue weighted by Gasteiger charge is -2.36. The first-order chi connectivity index (χ1) is 12.5. The molecule has 5 nitrogen and oxygen atoms in total. The van der Waals surface area contributed by atoms with Crippen molar-refractivity contribution in [2.24, 2.45) is 0 Å². The van der Waals surface area contributed by atoms with Crippen molar-refractivity contribution in [3.05, 3.63) is 29.3 Å². The normalized spacial score (nSPS) is 20.6. The van der Waals surface area contributed by atoms with Crippen LogP contribution in [0.3, 0.4) is 0 Å². The van der Waals surface area contributed by atoms with Crippen LogP contribution >= 0.6 is 0 Å². The van der Waals surface area contributed by atoms with Crippen LogP contribution in [0.1, 0.15) is 48.9 Å². The third-order valence-electron chi connectivity index (χ3n) is 5.26. The van der Waals surface area contributed by atoms with Crippen LogP contribution in [-0.4, -0.2) is 54.4 Å². The van der Waals surface area contributed by atoms with Crippen LogP contribution in [0.4, 0.5) is 8.78 Å². The van der Waals surface area contributed by atoms with E-state index in [1.54, 1.807) is 4.90 Å². The number of hydrogen-bond acceptors (Lipinski definition) is 3. The molecule has 0 N–H and O–H groups in total. The van der Waals surface area contributed by atoms with Gasteiger partial charge in [0.05, 0.1) is 7.11 Å². The Balaban J connectivity index is 1.74. The average molecular weight is 366 g/mol. The number of halogens is 2. The van der Waals surface area contributed by atoms with Crippen LogP contribution in [0.25, 0.3) is 0 Å². The van der Waals surface area contributed by atoms with E-state index in [9.17, 15) is 18.4 Å². The molecular weight excluding hydrogens is 342 g/mol. The molecule has 2 amide bonds. The lowest BCUT2D eigenvalue weighted by atomic mass is 9.97. The van der Waals surface area contributed by atoms with Crippen LogP contribution in [0.2, 0.25) is 0 Å². The second-order valence-corrected chi connectivity index (χ2v) is 6.89. The Morgan fingerprint density at radius 2 is 1.92 bits per heavy atom. The zero-order chi connectivity index (χ0) is 18.7. The summed E-state index contributed by atoms with van der Waals surface area (Å²) in [6.07, 6.45) is 4.65. The maximum Gasteiger partial charge on any atom is 0.260 e. The molecule has 0 bridgehead atoms. The molecule has 7 heteroatoms. The highest BCUT2D eigenvalue weighted by molar-refractivity contribution is 5.95. The van der Waals surface area contributed by atoms with E-state index in [0.29, 0.717) is 25.9 Å². The SMILES string of the molecule is COc1cc(F)c(C(=O)N2CCCCC2CCN2CCCC2=O)c(F)c1. The third-order valence-corrected chi connectivity index (χ3v) is 5.26. The van der Waals surface area contributed by atoms with E-state index in [0.717, 1.165) is 44.4 Å². The van der Waals surface area contributed by atoms with Crippen molar-refractivity contribution < 1.29 is 23.1 Å². The summed E-state index contributed by atoms with van der Waals surface area (Å²) in [4.78, 5) is 28.0. The summed E-state index contributed by atoms with van der Waals surface area (Å²) < 4.78 is 33.4. The van der Waals surface area contributed by atoms with Gasteiger partial charge in [-0.3, -0.25) is 9.59 Å². The largest absolute Gasteiger partial charge is 0.497 e. The molecule has 2 aliphatic rings. The minimum Gasteiger partial charge on any atom is -0.497 e. The van der Waals surface area contributed by atoms with E-state index >= 15 is 0 Å². The first kappa shape index (κ1) is 18.6. The molecule has 2 aliphatic heterocycles. The number of nitrogens with zero attached hydrogens (tertiary/aromatic N) is 2. The molecule has 0 saturated carbocycles. The molecule has 0 radical (unpaired) electrons. The Morgan fingerprint density at radius 1 is 1.19 bits per heavy atom. The van der Waals surface area contributed by atoms with Gasteiger partial charge in [0.15, 0.2) is 0 Å². The summed E-state index contributed by atoms with van der Waals surface area (Å²) in [5.41, 5.74) is -0.532. The van der Waals surface area contributed by atoms with Gasteiger partial charge in [-0.15, -0.1) is 0 Å². The van der Waals surface area contributed by atoms with Crippen molar-refractivity contribution in [2.75, 3.05) is 26.7 Å². The van der Waals surface area contributed by atoms with E-state index in [-0.39, 0.29) is 17.7 Å². The predicted octanol–water partition coefficient (Wildman–Crippen LogP) is 2.98. The molecular formula is C19H24F2N2O3. The molecule has 1 unspecified atom stereocenters. The van der Waals surface area contributed by atoms with Gasteiger partial charge >= 0.3 is 0 Å². The molecule has 26 heavy (non-hydrogen) atoms. The Hall–Kier alpha value is -2.18. The highest BCUT2D eigenvalue weighted by Crippen LogP contribution is 2.27. The second kappa shape index (κ2) is 8.01. The van der Waals surface area contributed by atoms with Gasteiger partial charge in [0.2, 0.25) is 5.91 Å². The van der Waals surface area contributed by atoms with Crippen molar-refractivity contribution in [1.82, 2.24) is 9.80 Å². The fraction of sp³-hybridized carbons (Fsp3) is 0.579. The van der Waals surface area contributed by atoms with Crippen molar-refractivity contribution in [1.29, 1.82) is 0 Å². The van der Waals surface area contributed by atoms with Crippen molar-refractivity contribution in [2.45, 2.75) is 44.6 Å². The fourth-order valence-corrected chi connectivity index (χ4v) is 3.83. The summed E-state index contributed by atoms with van der Waals surface area (Å²) in [6.45, 7) is 1.81. The number of hydrogen-bond donors (Lipinski definition) is 0. The highest BCUT2D eigenvalue weighted by atomic mass is 19.1. The van der Waals surface area contributed by atoms with Crippen LogP contribution in [-0.2, 0) is 4.79 Å². The quantitative estimate of drug-likeness (QED) is 0.805. The average Bonchev–Trinajstić information content (AvgIpc) is 3.04. The predicted molar refractivity (Wildman–Crippen MR) is 92.0 cm³/mol. The fourth-order valence-electron chi connectivity index (χ4n) is 3.83. The van der Waals surface area contributed by atoms with E-state index in [1.165, 1.54) is 7.11 Å². The minimum atomic E-state index is -0.911. The van der Waals surface area contributed by atoms with Gasteiger partial charge in [-0.25, -0.2) is 8.78 Å². The standard InChI is InChI=1S/C19H24F2N2O3/c1-26-14-11-15(20)18(16(21)12-14)19(25)23-9-3-2-5-13(23)7-10-22-8-4-6-17(22)24/h11-13H,2-10H2,1H3. The second-order valence-electron chi connectivity index (χ2n) is 6.89. The van der Waals surface area contributed by atoms with Gasteiger partial charge < -0.3 is 14.5 Å². The van der Waals surface area contributed by atoms with Gasteiger partial charge in [0, 0.05) is 44.2 Å². The molecule has 2 saturated heterocycles. The van der Waals surface area contributed by atoms with Gasteiger partial charge in [0.1, 0.15) is 22.9 Å². The van der Waals surface area contributed by atoms with Gasteiger partial charge in [0.25, 0.3) is 5.91 Å². The number of methoxy groups -OCH3 is 1. The lowest BCUT2D eigenvalue weighted by Crippen LogP contribution is -2.46. The number of rotatable bonds is 5. The molecule has 3 rings (SSSR count). The van der Waals surface area contributed by atoms with E-state index in [2.05, 4.69) is 0 Å². The Morgan fingerprint density at radius 3 is 2.54 bits per heavy atom. The molecule has 2 fully saturated rings. The zero-order valence-corrected chi connectivity index (χ0v) is 15.0. The molecule has 2 heterocycles. The molecule has 0 aromatic heterocycles. The number of likely N-dealkylation sites (tertiary alicyclic amines) is 2. The molecule has 1 atom stereocenters. The Bertz CT molecular complexity index is 672. The number of piperidine rings is 1. The topological polar surface area (TPSA) is 49.9 Å². The number of ether oxygens (including phenoxy) is 1. The van der Waals surface area contributed by atoms with Gasteiger partial charge in [-0.1, -0.05) is 0 Å². The van der Waals surface area contributed by atoms with Crippen molar-refractivity contribution in [3.63, 3.8) is 0 Å². The number of carbonyl (C=O) groups is 2. The maximum absolute atomic E-state index is 14.3.